The first-order chi connectivity index (χ1) is 1.73. The smallest absolute Gasteiger partial charge is 0.284 e. The Morgan fingerprint density at radius 3 is 1.40 bits per heavy atom. The molecule has 0 rings (SSSR count). The molecule has 0 aromatic heterocycles. The Labute approximate surface area is 35.1 Å². The van der Waals surface area contributed by atoms with Crippen molar-refractivity contribution in [2.24, 2.45) is 0 Å². The topological polar surface area (TPSA) is 65.6 Å². The molecule has 5 heteroatoms. The molecule has 0 spiro atoms. The maximum absolute atomic E-state index is 8.81. The van der Waals surface area contributed by atoms with E-state index in [4.69, 9.17) is 8.42 Å². The van der Waals surface area contributed by atoms with Gasteiger partial charge in [-0.3, -0.25) is 0 Å². The Kier molecular flexibility index (Phi) is 7.11. The predicted octanol–water partition coefficient (Wildman–Crippen LogP) is -1.50. The van der Waals surface area contributed by atoms with Crippen LogP contribution < -0.4 is 0 Å². The van der Waals surface area contributed by atoms with Gasteiger partial charge in [-0.25, -0.2) is 0 Å². The monoisotopic (exact) mass is 114 g/mol. The minimum atomic E-state index is -2.28. The van der Waals surface area contributed by atoms with Gasteiger partial charge in [-0.2, -0.15) is 8.42 Å². The van der Waals surface area contributed by atoms with Gasteiger partial charge in [0.05, 0.1) is 11.2 Å². The summed E-state index contributed by atoms with van der Waals surface area (Å²) in [6, 6.07) is 0. The molecule has 0 bridgehead atoms. The average molecular weight is 114 g/mol. The first-order valence-electron chi connectivity index (χ1n) is 0.500. The van der Waals surface area contributed by atoms with Crippen LogP contribution >= 0.6 is 0 Å². The highest BCUT2D eigenvalue weighted by atomic mass is 32.8. The number of hydrogen-bond acceptors (Lipinski definition) is 3. The van der Waals surface area contributed by atoms with E-state index in [9.17, 15) is 0 Å². The van der Waals surface area contributed by atoms with Crippen molar-refractivity contribution in [3.05, 3.63) is 0 Å². The van der Waals surface area contributed by atoms with Crippen LogP contribution in [-0.4, -0.2) is 13.9 Å². The summed E-state index contributed by atoms with van der Waals surface area (Å²) in [5.41, 5.74) is 0. The fourth-order valence-electron chi connectivity index (χ4n) is 0. The van der Waals surface area contributed by atoms with Crippen molar-refractivity contribution in [2.45, 2.75) is 0 Å². The van der Waals surface area contributed by atoms with Crippen LogP contribution in [0.25, 0.3) is 0 Å². The lowest BCUT2D eigenvalue weighted by molar-refractivity contribution is 0.628. The maximum Gasteiger partial charge on any atom is 0.284 e. The van der Waals surface area contributed by atoms with E-state index in [2.05, 4.69) is 11.2 Å². The molecular weight excluding hydrogens is 112 g/mol. The predicted molar refractivity (Wildman–Crippen MR) is 19.9 cm³/mol. The summed E-state index contributed by atoms with van der Waals surface area (Å²) in [7, 11) is -2.28. The molecule has 0 saturated heterocycles. The highest BCUT2D eigenvalue weighted by Gasteiger charge is 1.34. The lowest BCUT2D eigenvalue weighted by atomic mass is 15.9. The second-order valence-electron chi connectivity index (χ2n) is 0.204. The summed E-state index contributed by atoms with van der Waals surface area (Å²) in [5.74, 6) is 0. The van der Waals surface area contributed by atoms with Crippen molar-refractivity contribution < 1.29 is 13.9 Å². The Morgan fingerprint density at radius 2 is 1.40 bits per heavy atom. The first-order valence-corrected chi connectivity index (χ1v) is 2.50. The Bertz CT molecular complexity index is 74.3. The van der Waals surface area contributed by atoms with Gasteiger partial charge in [0.1, 0.15) is 0 Å². The average Bonchev–Trinajstić information content (AvgIpc) is 0.811. The van der Waals surface area contributed by atoms with Crippen molar-refractivity contribution in [1.82, 2.24) is 0 Å². The van der Waals surface area contributed by atoms with Crippen LogP contribution in [-0.2, 0) is 20.5 Å². The van der Waals surface area contributed by atoms with E-state index in [1.807, 2.05) is 0 Å². The number of rotatable bonds is 0. The Hall–Kier alpha value is -0.0000000000000000278. The lowest BCUT2D eigenvalue weighted by Gasteiger charge is -1.15. The second kappa shape index (κ2) is 4.00. The standard InChI is InChI=1S/O2S2.H2O/c1-4(2)3;/h;1H2. The molecule has 3 nitrogen and oxygen atoms in total. The van der Waals surface area contributed by atoms with Gasteiger partial charge in [-0.05, 0) is 0 Å². The summed E-state index contributed by atoms with van der Waals surface area (Å²) in [6.07, 6.45) is 0. The molecule has 0 radical (unpaired) electrons. The Morgan fingerprint density at radius 1 is 1.40 bits per heavy atom. The van der Waals surface area contributed by atoms with E-state index in [0.717, 1.165) is 0 Å². The molecule has 0 heterocycles. The van der Waals surface area contributed by atoms with Crippen LogP contribution in [0.3, 0.4) is 0 Å². The van der Waals surface area contributed by atoms with Crippen LogP contribution in [0.1, 0.15) is 0 Å². The lowest BCUT2D eigenvalue weighted by Crippen LogP contribution is -1.35. The molecule has 5 heavy (non-hydrogen) atoms. The minimum Gasteiger partial charge on any atom is -0.412 e. The SMILES string of the molecule is O.O=S(=O)=S. The summed E-state index contributed by atoms with van der Waals surface area (Å²) < 4.78 is 17.6. The normalized spacial score (nSPS) is 4.80. The van der Waals surface area contributed by atoms with Gasteiger partial charge in [-0.15, -0.1) is 0 Å². The van der Waals surface area contributed by atoms with Gasteiger partial charge in [0.25, 0.3) is 9.26 Å². The summed E-state index contributed by atoms with van der Waals surface area (Å²) in [5, 5.41) is 0. The van der Waals surface area contributed by atoms with Crippen molar-refractivity contribution in [1.29, 1.82) is 0 Å². The molecule has 0 unspecified atom stereocenters. The van der Waals surface area contributed by atoms with E-state index >= 15 is 0 Å². The van der Waals surface area contributed by atoms with Crippen LogP contribution in [0.15, 0.2) is 0 Å². The second-order valence-corrected chi connectivity index (χ2v) is 1.43. The fraction of sp³-hybridized carbons (Fsp3) is 0. The molecule has 0 aliphatic carbocycles. The summed E-state index contributed by atoms with van der Waals surface area (Å²) in [6.45, 7) is 0. The van der Waals surface area contributed by atoms with E-state index < -0.39 is 9.26 Å². The fourth-order valence-corrected chi connectivity index (χ4v) is 0. The number of hydrogen-bond donors (Lipinski definition) is 0. The van der Waals surface area contributed by atoms with E-state index in [-0.39, 0.29) is 5.48 Å². The van der Waals surface area contributed by atoms with E-state index in [1.165, 1.54) is 0 Å². The molecule has 2 N–H and O–H groups in total. The summed E-state index contributed by atoms with van der Waals surface area (Å²) >= 11 is 3.54. The molecule has 0 atom stereocenters. The van der Waals surface area contributed by atoms with Crippen LogP contribution in [0.2, 0.25) is 0 Å². The molecule has 0 aliphatic heterocycles. The van der Waals surface area contributed by atoms with Gasteiger partial charge in [0.2, 0.25) is 0 Å². The third kappa shape index (κ3) is 20799999999999997945627600845012992. The zero-order chi connectivity index (χ0) is 3.58. The third-order valence-corrected chi connectivity index (χ3v) is 0. The Balaban J connectivity index is 0. The highest BCUT2D eigenvalue weighted by Crippen LogP contribution is 1.13. The zero-order valence-corrected chi connectivity index (χ0v) is 3.77. The van der Waals surface area contributed by atoms with E-state index in [1.54, 1.807) is 0 Å². The highest BCUT2D eigenvalue weighted by molar-refractivity contribution is 8.14. The van der Waals surface area contributed by atoms with Gasteiger partial charge >= 0.3 is 0 Å². The van der Waals surface area contributed by atoms with Crippen molar-refractivity contribution >= 4 is 20.5 Å². The largest absolute Gasteiger partial charge is 0.412 e. The van der Waals surface area contributed by atoms with Gasteiger partial charge in [-0.1, -0.05) is 0 Å². The van der Waals surface area contributed by atoms with E-state index in [0.29, 0.717) is 0 Å². The quantitative estimate of drug-likeness (QED) is 0.385. The van der Waals surface area contributed by atoms with Crippen molar-refractivity contribution in [3.63, 3.8) is 0 Å². The maximum atomic E-state index is 8.81. The minimum absolute atomic E-state index is 0. The molecule has 32 valence electrons. The van der Waals surface area contributed by atoms with Crippen molar-refractivity contribution in [3.8, 4) is 0 Å². The third-order valence-electron chi connectivity index (χ3n) is 0. The molecule has 0 aromatic rings. The summed E-state index contributed by atoms with van der Waals surface area (Å²) in [4.78, 5) is 0. The van der Waals surface area contributed by atoms with Crippen molar-refractivity contribution in [2.75, 3.05) is 0 Å². The molecule has 0 aromatic carbocycles. The van der Waals surface area contributed by atoms with Crippen LogP contribution in [0, 0.1) is 0 Å². The van der Waals surface area contributed by atoms with Gasteiger partial charge < -0.3 is 5.48 Å². The molecular formula is H2O3S2. The first kappa shape index (κ1) is 8.89. The van der Waals surface area contributed by atoms with Gasteiger partial charge in [0, 0.05) is 0 Å². The zero-order valence-electron chi connectivity index (χ0n) is 2.13. The molecule has 0 aliphatic rings. The van der Waals surface area contributed by atoms with Crippen LogP contribution in [0.4, 0.5) is 0 Å². The molecule has 0 amide bonds. The van der Waals surface area contributed by atoms with Gasteiger partial charge in [0.15, 0.2) is 0 Å². The molecule has 0 saturated carbocycles. The molecule has 0 fully saturated rings. The van der Waals surface area contributed by atoms with Crippen LogP contribution in [0.5, 0.6) is 0 Å².